The molecule has 122 valence electrons. The lowest BCUT2D eigenvalue weighted by Gasteiger charge is -2.04. The molecule has 9 heteroatoms. The van der Waals surface area contributed by atoms with E-state index in [9.17, 15) is 23.1 Å². The highest BCUT2D eigenvalue weighted by Gasteiger charge is 2.26. The molecule has 1 aromatic carbocycles. The van der Waals surface area contributed by atoms with Gasteiger partial charge in [0.1, 0.15) is 16.3 Å². The lowest BCUT2D eigenvalue weighted by molar-refractivity contribution is -0.139. The van der Waals surface area contributed by atoms with Crippen LogP contribution in [-0.2, 0) is 19.6 Å². The molecule has 7 nitrogen and oxygen atoms in total. The first kappa shape index (κ1) is 17.1. The summed E-state index contributed by atoms with van der Waals surface area (Å²) in [6.45, 7) is -0.575. The molecule has 1 heterocycles. The summed E-state index contributed by atoms with van der Waals surface area (Å²) in [6.07, 6.45) is 0. The Labute approximate surface area is 136 Å². The SMILES string of the molecule is COC(=O)CNS(=O)(=O)c1cc(-c2ccccc2)sc1C(=O)O. The smallest absolute Gasteiger partial charge is 0.347 e. The Morgan fingerprint density at radius 3 is 2.48 bits per heavy atom. The van der Waals surface area contributed by atoms with Crippen molar-refractivity contribution >= 4 is 33.3 Å². The average Bonchev–Trinajstić information content (AvgIpc) is 3.00. The van der Waals surface area contributed by atoms with E-state index in [1.807, 2.05) is 4.72 Å². The van der Waals surface area contributed by atoms with Gasteiger partial charge in [-0.3, -0.25) is 4.79 Å². The van der Waals surface area contributed by atoms with Gasteiger partial charge >= 0.3 is 11.9 Å². The standard InChI is InChI=1S/C14H13NO6S2/c1-21-12(16)8-15-23(19,20)11-7-10(22-13(11)14(17)18)9-5-3-2-4-6-9/h2-7,15H,8H2,1H3,(H,17,18). The first-order valence-corrected chi connectivity index (χ1v) is 8.64. The molecule has 2 N–H and O–H groups in total. The van der Waals surface area contributed by atoms with E-state index < -0.39 is 28.5 Å². The van der Waals surface area contributed by atoms with Crippen LogP contribution in [0.5, 0.6) is 0 Å². The molecule has 0 radical (unpaired) electrons. The van der Waals surface area contributed by atoms with Crippen molar-refractivity contribution in [3.63, 3.8) is 0 Å². The van der Waals surface area contributed by atoms with Crippen LogP contribution in [0.15, 0.2) is 41.3 Å². The number of carbonyl (C=O) groups excluding carboxylic acids is 1. The fourth-order valence-electron chi connectivity index (χ4n) is 1.77. The maximum atomic E-state index is 12.2. The van der Waals surface area contributed by atoms with Crippen LogP contribution in [0.4, 0.5) is 0 Å². The van der Waals surface area contributed by atoms with E-state index in [0.717, 1.165) is 18.4 Å². The molecule has 1 aromatic heterocycles. The molecule has 0 amide bonds. The molecule has 2 rings (SSSR count). The second kappa shape index (κ2) is 6.90. The monoisotopic (exact) mass is 355 g/mol. The second-order valence-electron chi connectivity index (χ2n) is 4.38. The number of rotatable bonds is 6. The summed E-state index contributed by atoms with van der Waals surface area (Å²) in [7, 11) is -3.03. The molecule has 0 saturated heterocycles. The number of nitrogens with one attached hydrogen (secondary N) is 1. The topological polar surface area (TPSA) is 110 Å². The van der Waals surface area contributed by atoms with Crippen molar-refractivity contribution in [2.45, 2.75) is 4.90 Å². The Morgan fingerprint density at radius 1 is 1.26 bits per heavy atom. The number of hydrogen-bond acceptors (Lipinski definition) is 6. The molecule has 0 saturated carbocycles. The fraction of sp³-hybridized carbons (Fsp3) is 0.143. The third-order valence-electron chi connectivity index (χ3n) is 2.87. The summed E-state index contributed by atoms with van der Waals surface area (Å²) in [5.74, 6) is -2.13. The fourth-order valence-corrected chi connectivity index (χ4v) is 4.27. The number of carboxylic acid groups (broad SMARTS) is 1. The lowest BCUT2D eigenvalue weighted by Crippen LogP contribution is -2.30. The second-order valence-corrected chi connectivity index (χ2v) is 7.16. The molecule has 0 bridgehead atoms. The molecule has 0 aliphatic carbocycles. The van der Waals surface area contributed by atoms with Gasteiger partial charge in [0.05, 0.1) is 7.11 Å². The third-order valence-corrected chi connectivity index (χ3v) is 5.60. The molecular weight excluding hydrogens is 342 g/mol. The number of benzene rings is 1. The average molecular weight is 355 g/mol. The first-order chi connectivity index (χ1) is 10.8. The maximum Gasteiger partial charge on any atom is 0.347 e. The zero-order chi connectivity index (χ0) is 17.0. The van der Waals surface area contributed by atoms with Crippen molar-refractivity contribution in [2.24, 2.45) is 0 Å². The van der Waals surface area contributed by atoms with Gasteiger partial charge in [-0.15, -0.1) is 11.3 Å². The number of carboxylic acids is 1. The quantitative estimate of drug-likeness (QED) is 0.761. The molecule has 0 aliphatic heterocycles. The summed E-state index contributed by atoms with van der Waals surface area (Å²) in [4.78, 5) is 22.2. The van der Waals surface area contributed by atoms with Gasteiger partial charge in [-0.05, 0) is 11.6 Å². The van der Waals surface area contributed by atoms with Crippen LogP contribution in [-0.4, -0.2) is 39.1 Å². The molecule has 23 heavy (non-hydrogen) atoms. The highest BCUT2D eigenvalue weighted by atomic mass is 32.2. The van der Waals surface area contributed by atoms with Crippen molar-refractivity contribution in [2.75, 3.05) is 13.7 Å². The zero-order valence-corrected chi connectivity index (χ0v) is 13.6. The van der Waals surface area contributed by atoms with Gasteiger partial charge in [-0.2, -0.15) is 4.72 Å². The molecule has 0 fully saturated rings. The minimum absolute atomic E-state index is 0.318. The van der Waals surface area contributed by atoms with E-state index in [1.54, 1.807) is 30.3 Å². The number of hydrogen-bond donors (Lipinski definition) is 2. The molecular formula is C14H13NO6S2. The van der Waals surface area contributed by atoms with E-state index in [1.165, 1.54) is 6.07 Å². The molecule has 2 aromatic rings. The van der Waals surface area contributed by atoms with Crippen molar-refractivity contribution in [3.05, 3.63) is 41.3 Å². The van der Waals surface area contributed by atoms with Gasteiger partial charge in [-0.25, -0.2) is 13.2 Å². The summed E-state index contributed by atoms with van der Waals surface area (Å²) in [5.41, 5.74) is 0.703. The van der Waals surface area contributed by atoms with Crippen LogP contribution in [0, 0.1) is 0 Å². The number of thiophene rings is 1. The van der Waals surface area contributed by atoms with Gasteiger partial charge in [0.2, 0.25) is 10.0 Å². The van der Waals surface area contributed by atoms with E-state index in [2.05, 4.69) is 4.74 Å². The van der Waals surface area contributed by atoms with E-state index in [-0.39, 0.29) is 9.77 Å². The summed E-state index contributed by atoms with van der Waals surface area (Å²) in [5, 5.41) is 9.24. The van der Waals surface area contributed by atoms with Gasteiger partial charge in [0, 0.05) is 4.88 Å². The number of ether oxygens (including phenoxy) is 1. The third kappa shape index (κ3) is 3.95. The number of methoxy groups -OCH3 is 1. The van der Waals surface area contributed by atoms with E-state index in [0.29, 0.717) is 10.4 Å². The van der Waals surface area contributed by atoms with Crippen LogP contribution >= 0.6 is 11.3 Å². The van der Waals surface area contributed by atoms with Crippen molar-refractivity contribution < 1.29 is 27.9 Å². The van der Waals surface area contributed by atoms with Gasteiger partial charge in [0.25, 0.3) is 0 Å². The lowest BCUT2D eigenvalue weighted by atomic mass is 10.2. The largest absolute Gasteiger partial charge is 0.477 e. The summed E-state index contributed by atoms with van der Waals surface area (Å²) >= 11 is 0.853. The number of esters is 1. The van der Waals surface area contributed by atoms with Gasteiger partial charge in [-0.1, -0.05) is 30.3 Å². The predicted molar refractivity (Wildman–Crippen MR) is 83.9 cm³/mol. The number of aromatic carboxylic acids is 1. The van der Waals surface area contributed by atoms with Crippen LogP contribution in [0.1, 0.15) is 9.67 Å². The van der Waals surface area contributed by atoms with Crippen molar-refractivity contribution in [1.82, 2.24) is 4.72 Å². The Morgan fingerprint density at radius 2 is 1.91 bits per heavy atom. The molecule has 0 spiro atoms. The summed E-state index contributed by atoms with van der Waals surface area (Å²) in [6, 6.07) is 10.1. The number of sulfonamides is 1. The van der Waals surface area contributed by atoms with Crippen LogP contribution in [0.3, 0.4) is 0 Å². The minimum Gasteiger partial charge on any atom is -0.477 e. The first-order valence-electron chi connectivity index (χ1n) is 6.34. The summed E-state index contributed by atoms with van der Waals surface area (Å²) < 4.78 is 30.9. The van der Waals surface area contributed by atoms with Crippen LogP contribution < -0.4 is 4.72 Å². The molecule has 0 aliphatic rings. The Balaban J connectivity index is 2.43. The van der Waals surface area contributed by atoms with Gasteiger partial charge < -0.3 is 9.84 Å². The maximum absolute atomic E-state index is 12.2. The minimum atomic E-state index is -4.15. The number of carbonyl (C=O) groups is 2. The van der Waals surface area contributed by atoms with Gasteiger partial charge in [0.15, 0.2) is 0 Å². The van der Waals surface area contributed by atoms with Crippen LogP contribution in [0.25, 0.3) is 10.4 Å². The molecule has 0 atom stereocenters. The van der Waals surface area contributed by atoms with Crippen LogP contribution in [0.2, 0.25) is 0 Å². The van der Waals surface area contributed by atoms with E-state index in [4.69, 9.17) is 0 Å². The van der Waals surface area contributed by atoms with Crippen molar-refractivity contribution in [3.8, 4) is 10.4 Å². The van der Waals surface area contributed by atoms with Crippen molar-refractivity contribution in [1.29, 1.82) is 0 Å². The Kier molecular flexibility index (Phi) is 5.14. The highest BCUT2D eigenvalue weighted by Crippen LogP contribution is 2.33. The Bertz CT molecular complexity index is 826. The Hall–Kier alpha value is -2.23. The van der Waals surface area contributed by atoms with E-state index >= 15 is 0 Å². The zero-order valence-electron chi connectivity index (χ0n) is 12.0. The molecule has 0 unspecified atom stereocenters. The highest BCUT2D eigenvalue weighted by molar-refractivity contribution is 7.89. The normalized spacial score (nSPS) is 11.2. The predicted octanol–water partition coefficient (Wildman–Crippen LogP) is 1.56.